The molecule has 1 N–H and O–H groups in total. The Hall–Kier alpha value is -2.32. The van der Waals surface area contributed by atoms with Crippen LogP contribution in [0.15, 0.2) is 58.3 Å². The van der Waals surface area contributed by atoms with E-state index >= 15 is 0 Å². The summed E-state index contributed by atoms with van der Waals surface area (Å²) in [5.41, 5.74) is 1.51. The molecule has 1 aliphatic heterocycles. The van der Waals surface area contributed by atoms with Gasteiger partial charge in [0.25, 0.3) is 0 Å². The number of nitrogens with zero attached hydrogens (tertiary/aromatic N) is 1. The number of anilines is 1. The van der Waals surface area contributed by atoms with E-state index in [-0.39, 0.29) is 34.1 Å². The molecule has 8 heteroatoms. The second-order valence-corrected chi connectivity index (χ2v) is 10.4. The highest BCUT2D eigenvalue weighted by Crippen LogP contribution is 2.36. The number of thioether (sulfide) groups is 1. The van der Waals surface area contributed by atoms with E-state index in [0.717, 1.165) is 10.5 Å². The Morgan fingerprint density at radius 1 is 1.17 bits per heavy atom. The largest absolute Gasteiger partial charge is 0.339 e. The van der Waals surface area contributed by atoms with E-state index in [2.05, 4.69) is 5.32 Å². The molecule has 0 saturated carbocycles. The maximum Gasteiger partial charge on any atom is 0.237 e. The van der Waals surface area contributed by atoms with Gasteiger partial charge in [-0.1, -0.05) is 30.3 Å². The molecule has 2 aromatic carbocycles. The molecule has 0 aliphatic carbocycles. The van der Waals surface area contributed by atoms with Crippen molar-refractivity contribution in [2.45, 2.75) is 41.9 Å². The van der Waals surface area contributed by atoms with Crippen LogP contribution in [0.25, 0.3) is 0 Å². The number of nitrogens with one attached hydrogen (secondary N) is 1. The second kappa shape index (κ2) is 9.00. The Bertz CT molecular complexity index is 1010. The summed E-state index contributed by atoms with van der Waals surface area (Å²) in [6, 6.07) is 14.3. The third kappa shape index (κ3) is 5.19. The molecule has 0 aromatic heterocycles. The Morgan fingerprint density at radius 3 is 2.59 bits per heavy atom. The third-order valence-electron chi connectivity index (χ3n) is 4.78. The first-order valence-electron chi connectivity index (χ1n) is 9.46. The summed E-state index contributed by atoms with van der Waals surface area (Å²) in [5.74, 6) is -0.616. The molecule has 1 aliphatic rings. The number of carbonyl (C=O) groups is 2. The summed E-state index contributed by atoms with van der Waals surface area (Å²) >= 11 is 1.40. The zero-order valence-corrected chi connectivity index (χ0v) is 18.1. The number of fused-ring (bicyclic) bond motifs is 1. The highest BCUT2D eigenvalue weighted by atomic mass is 32.2. The normalized spacial score (nSPS) is 16.1. The highest BCUT2D eigenvalue weighted by Gasteiger charge is 2.26. The first-order valence-corrected chi connectivity index (χ1v) is 12.0. The monoisotopic (exact) mass is 432 g/mol. The Labute approximate surface area is 175 Å². The topological polar surface area (TPSA) is 83.6 Å². The van der Waals surface area contributed by atoms with Crippen molar-refractivity contribution in [3.05, 3.63) is 54.1 Å². The molecule has 0 bridgehead atoms. The van der Waals surface area contributed by atoms with Crippen molar-refractivity contribution in [3.63, 3.8) is 0 Å². The van der Waals surface area contributed by atoms with Crippen molar-refractivity contribution in [3.8, 4) is 0 Å². The van der Waals surface area contributed by atoms with Gasteiger partial charge in [0.2, 0.25) is 11.8 Å². The van der Waals surface area contributed by atoms with Crippen molar-refractivity contribution >= 4 is 39.1 Å². The molecule has 29 heavy (non-hydrogen) atoms. The van der Waals surface area contributed by atoms with Gasteiger partial charge in [0, 0.05) is 24.4 Å². The fraction of sp³-hybridized carbons (Fsp3) is 0.333. The molecule has 2 amide bonds. The average molecular weight is 433 g/mol. The van der Waals surface area contributed by atoms with Crippen LogP contribution < -0.4 is 5.32 Å². The van der Waals surface area contributed by atoms with Gasteiger partial charge in [-0.3, -0.25) is 9.59 Å². The summed E-state index contributed by atoms with van der Waals surface area (Å²) in [7, 11) is -3.64. The maximum absolute atomic E-state index is 12.7. The first kappa shape index (κ1) is 21.4. The van der Waals surface area contributed by atoms with Crippen LogP contribution in [0.2, 0.25) is 0 Å². The zero-order valence-electron chi connectivity index (χ0n) is 16.4. The minimum Gasteiger partial charge on any atom is -0.339 e. The van der Waals surface area contributed by atoms with Crippen molar-refractivity contribution < 1.29 is 18.0 Å². The molecule has 6 nitrogen and oxygen atoms in total. The van der Waals surface area contributed by atoms with Crippen molar-refractivity contribution in [1.29, 1.82) is 0 Å². The molecule has 0 spiro atoms. The minimum absolute atomic E-state index is 0.0851. The van der Waals surface area contributed by atoms with Crippen LogP contribution in [0, 0.1) is 0 Å². The molecule has 1 heterocycles. The Balaban J connectivity index is 1.67. The summed E-state index contributed by atoms with van der Waals surface area (Å²) in [4.78, 5) is 27.0. The predicted molar refractivity (Wildman–Crippen MR) is 115 cm³/mol. The minimum atomic E-state index is -3.64. The molecule has 0 unspecified atom stereocenters. The summed E-state index contributed by atoms with van der Waals surface area (Å²) < 4.78 is 25.5. The molecule has 0 fully saturated rings. The van der Waals surface area contributed by atoms with Gasteiger partial charge in [-0.25, -0.2) is 8.42 Å². The van der Waals surface area contributed by atoms with Gasteiger partial charge in [-0.05, 0) is 37.6 Å². The smallest absolute Gasteiger partial charge is 0.237 e. The van der Waals surface area contributed by atoms with Gasteiger partial charge in [-0.15, -0.1) is 11.8 Å². The number of sulfone groups is 1. The second-order valence-electron chi connectivity index (χ2n) is 6.87. The summed E-state index contributed by atoms with van der Waals surface area (Å²) in [6.07, 6.45) is -0.0851. The van der Waals surface area contributed by atoms with E-state index in [1.165, 1.54) is 23.9 Å². The SMILES string of the molecule is CCN(Cc1ccccc1)C(=O)CCS(=O)(=O)c1ccc2c(c1)NC(=O)[C@@H](C)S2. The third-order valence-corrected chi connectivity index (χ3v) is 7.67. The first-order chi connectivity index (χ1) is 13.8. The molecule has 0 saturated heterocycles. The fourth-order valence-electron chi connectivity index (χ4n) is 3.06. The van der Waals surface area contributed by atoms with Gasteiger partial charge in [-0.2, -0.15) is 0 Å². The number of amides is 2. The standard InChI is InChI=1S/C21H24N2O4S2/c1-3-23(14-16-7-5-4-6-8-16)20(24)11-12-29(26,27)17-9-10-19-18(13-17)22-21(25)15(2)28-19/h4-10,13,15H,3,11-12,14H2,1-2H3,(H,22,25)/t15-/m1/s1. The van der Waals surface area contributed by atoms with E-state index in [0.29, 0.717) is 18.8 Å². The molecule has 154 valence electrons. The zero-order chi connectivity index (χ0) is 21.0. The van der Waals surface area contributed by atoms with Crippen molar-refractivity contribution in [1.82, 2.24) is 4.90 Å². The van der Waals surface area contributed by atoms with Crippen LogP contribution in [0.3, 0.4) is 0 Å². The van der Waals surface area contributed by atoms with Gasteiger partial charge >= 0.3 is 0 Å². The lowest BCUT2D eigenvalue weighted by Gasteiger charge is -2.22. The number of hydrogen-bond acceptors (Lipinski definition) is 5. The van der Waals surface area contributed by atoms with Crippen LogP contribution >= 0.6 is 11.8 Å². The van der Waals surface area contributed by atoms with Gasteiger partial charge < -0.3 is 10.2 Å². The van der Waals surface area contributed by atoms with Crippen molar-refractivity contribution in [2.24, 2.45) is 0 Å². The van der Waals surface area contributed by atoms with Gasteiger partial charge in [0.1, 0.15) is 0 Å². The van der Waals surface area contributed by atoms with E-state index < -0.39 is 9.84 Å². The van der Waals surface area contributed by atoms with E-state index in [1.807, 2.05) is 37.3 Å². The lowest BCUT2D eigenvalue weighted by molar-refractivity contribution is -0.131. The average Bonchev–Trinajstić information content (AvgIpc) is 2.71. The number of hydrogen-bond donors (Lipinski definition) is 1. The quantitative estimate of drug-likeness (QED) is 0.726. The highest BCUT2D eigenvalue weighted by molar-refractivity contribution is 8.01. The Kier molecular flexibility index (Phi) is 6.64. The van der Waals surface area contributed by atoms with Crippen LogP contribution in [0.5, 0.6) is 0 Å². The van der Waals surface area contributed by atoms with Crippen LogP contribution in [-0.2, 0) is 26.0 Å². The summed E-state index contributed by atoms with van der Waals surface area (Å²) in [5, 5.41) is 2.53. The van der Waals surface area contributed by atoms with E-state index in [9.17, 15) is 18.0 Å². The van der Waals surface area contributed by atoms with Crippen molar-refractivity contribution in [2.75, 3.05) is 17.6 Å². The van der Waals surface area contributed by atoms with Crippen LogP contribution in [0.4, 0.5) is 5.69 Å². The molecular weight excluding hydrogens is 408 g/mol. The Morgan fingerprint density at radius 2 is 1.90 bits per heavy atom. The fourth-order valence-corrected chi connectivity index (χ4v) is 5.24. The lowest BCUT2D eigenvalue weighted by atomic mass is 10.2. The van der Waals surface area contributed by atoms with Gasteiger partial charge in [0.05, 0.1) is 21.6 Å². The van der Waals surface area contributed by atoms with E-state index in [4.69, 9.17) is 0 Å². The maximum atomic E-state index is 12.7. The molecular formula is C21H24N2O4S2. The molecule has 0 radical (unpaired) electrons. The molecule has 3 rings (SSSR count). The van der Waals surface area contributed by atoms with E-state index in [1.54, 1.807) is 17.9 Å². The summed E-state index contributed by atoms with van der Waals surface area (Å²) in [6.45, 7) is 4.64. The van der Waals surface area contributed by atoms with Crippen LogP contribution in [-0.4, -0.2) is 42.7 Å². The number of rotatable bonds is 7. The predicted octanol–water partition coefficient (Wildman–Crippen LogP) is 3.33. The molecule has 2 aromatic rings. The number of benzene rings is 2. The molecule has 1 atom stereocenters. The van der Waals surface area contributed by atoms with Crippen LogP contribution in [0.1, 0.15) is 25.8 Å². The lowest BCUT2D eigenvalue weighted by Crippen LogP contribution is -2.31. The van der Waals surface area contributed by atoms with Gasteiger partial charge in [0.15, 0.2) is 9.84 Å². The number of carbonyl (C=O) groups excluding carboxylic acids is 2.